The summed E-state index contributed by atoms with van der Waals surface area (Å²) in [6.45, 7) is 1.75. The summed E-state index contributed by atoms with van der Waals surface area (Å²) in [5.41, 5.74) is -0.171. The number of hydrogen-bond acceptors (Lipinski definition) is 3. The molecule has 1 aromatic rings. The van der Waals surface area contributed by atoms with Gasteiger partial charge in [-0.05, 0) is 25.8 Å². The van der Waals surface area contributed by atoms with Crippen molar-refractivity contribution in [1.82, 2.24) is 10.6 Å². The zero-order valence-electron chi connectivity index (χ0n) is 11.2. The minimum absolute atomic E-state index is 0.201. The van der Waals surface area contributed by atoms with E-state index in [1.807, 2.05) is 0 Å². The van der Waals surface area contributed by atoms with Gasteiger partial charge in [-0.1, -0.05) is 18.2 Å². The van der Waals surface area contributed by atoms with Gasteiger partial charge in [0, 0.05) is 5.56 Å². The van der Waals surface area contributed by atoms with E-state index in [9.17, 15) is 14.0 Å². The van der Waals surface area contributed by atoms with Crippen LogP contribution in [0.25, 0.3) is 0 Å². The number of ether oxygens (including phenoxy) is 1. The standard InChI is InChI=1S/C14H17FN2O3/c1-2-20-12(18)9-16-13(19)17-14(7-8-14)10-5-3-4-6-11(10)15/h3-6H,2,7-9H2,1H3,(H2,16,17,19). The summed E-state index contributed by atoms with van der Waals surface area (Å²) in [5, 5.41) is 5.13. The van der Waals surface area contributed by atoms with Gasteiger partial charge < -0.3 is 15.4 Å². The van der Waals surface area contributed by atoms with E-state index in [0.29, 0.717) is 18.4 Å². The highest BCUT2D eigenvalue weighted by Crippen LogP contribution is 2.46. The third kappa shape index (κ3) is 3.26. The Hall–Kier alpha value is -2.11. The van der Waals surface area contributed by atoms with Crippen LogP contribution in [0.1, 0.15) is 25.3 Å². The Balaban J connectivity index is 1.91. The molecule has 1 aliphatic rings. The van der Waals surface area contributed by atoms with Gasteiger partial charge >= 0.3 is 12.0 Å². The molecule has 6 heteroatoms. The fraction of sp³-hybridized carbons (Fsp3) is 0.429. The normalized spacial score (nSPS) is 15.3. The molecule has 2 rings (SSSR count). The summed E-state index contributed by atoms with van der Waals surface area (Å²) in [6.07, 6.45) is 1.36. The Labute approximate surface area is 116 Å². The number of urea groups is 1. The maximum atomic E-state index is 13.7. The second kappa shape index (κ2) is 5.90. The van der Waals surface area contributed by atoms with Crippen LogP contribution in [0.2, 0.25) is 0 Å². The van der Waals surface area contributed by atoms with Gasteiger partial charge in [-0.25, -0.2) is 9.18 Å². The van der Waals surface area contributed by atoms with E-state index < -0.39 is 17.5 Å². The summed E-state index contributed by atoms with van der Waals surface area (Å²) in [4.78, 5) is 22.9. The van der Waals surface area contributed by atoms with E-state index in [2.05, 4.69) is 10.6 Å². The third-order valence-corrected chi connectivity index (χ3v) is 3.19. The average Bonchev–Trinajstić information content (AvgIpc) is 3.18. The number of carbonyl (C=O) groups is 2. The van der Waals surface area contributed by atoms with E-state index in [0.717, 1.165) is 0 Å². The van der Waals surface area contributed by atoms with Crippen LogP contribution in [-0.4, -0.2) is 25.2 Å². The predicted octanol–water partition coefficient (Wildman–Crippen LogP) is 1.68. The zero-order valence-corrected chi connectivity index (χ0v) is 11.2. The van der Waals surface area contributed by atoms with Gasteiger partial charge in [0.25, 0.3) is 0 Å². The van der Waals surface area contributed by atoms with E-state index in [-0.39, 0.29) is 19.0 Å². The molecule has 108 valence electrons. The fourth-order valence-electron chi connectivity index (χ4n) is 2.06. The highest BCUT2D eigenvalue weighted by molar-refractivity contribution is 5.81. The Bertz CT molecular complexity index is 515. The quantitative estimate of drug-likeness (QED) is 0.806. The van der Waals surface area contributed by atoms with Crippen molar-refractivity contribution >= 4 is 12.0 Å². The largest absolute Gasteiger partial charge is 0.465 e. The van der Waals surface area contributed by atoms with Crippen LogP contribution in [0.3, 0.4) is 0 Å². The second-order valence-corrected chi connectivity index (χ2v) is 4.67. The molecule has 0 atom stereocenters. The maximum Gasteiger partial charge on any atom is 0.325 e. The summed E-state index contributed by atoms with van der Waals surface area (Å²) in [7, 11) is 0. The first kappa shape index (κ1) is 14.3. The van der Waals surface area contributed by atoms with E-state index >= 15 is 0 Å². The molecule has 0 unspecified atom stereocenters. The predicted molar refractivity (Wildman–Crippen MR) is 70.5 cm³/mol. The van der Waals surface area contributed by atoms with Crippen LogP contribution in [-0.2, 0) is 15.1 Å². The molecule has 20 heavy (non-hydrogen) atoms. The van der Waals surface area contributed by atoms with E-state index in [1.54, 1.807) is 25.1 Å². The van der Waals surface area contributed by atoms with Crippen molar-refractivity contribution in [2.75, 3.05) is 13.2 Å². The van der Waals surface area contributed by atoms with Gasteiger partial charge in [0.1, 0.15) is 12.4 Å². The number of amides is 2. The van der Waals surface area contributed by atoms with Crippen molar-refractivity contribution in [2.24, 2.45) is 0 Å². The Morgan fingerprint density at radius 1 is 1.35 bits per heavy atom. The number of halogens is 1. The van der Waals surface area contributed by atoms with Gasteiger partial charge in [0.15, 0.2) is 0 Å². The molecule has 1 fully saturated rings. The Morgan fingerprint density at radius 3 is 2.65 bits per heavy atom. The molecule has 0 saturated heterocycles. The highest BCUT2D eigenvalue weighted by Gasteiger charge is 2.47. The molecule has 1 aliphatic carbocycles. The van der Waals surface area contributed by atoms with Gasteiger partial charge in [0.05, 0.1) is 12.1 Å². The third-order valence-electron chi connectivity index (χ3n) is 3.19. The molecular weight excluding hydrogens is 263 g/mol. The summed E-state index contributed by atoms with van der Waals surface area (Å²) in [6, 6.07) is 5.87. The van der Waals surface area contributed by atoms with E-state index in [4.69, 9.17) is 4.74 Å². The summed E-state index contributed by atoms with van der Waals surface area (Å²) in [5.74, 6) is -0.839. The molecule has 1 saturated carbocycles. The lowest BCUT2D eigenvalue weighted by molar-refractivity contribution is -0.141. The number of carbonyl (C=O) groups excluding carboxylic acids is 2. The first-order valence-corrected chi connectivity index (χ1v) is 6.54. The van der Waals surface area contributed by atoms with Gasteiger partial charge in [0.2, 0.25) is 0 Å². The highest BCUT2D eigenvalue weighted by atomic mass is 19.1. The van der Waals surface area contributed by atoms with Crippen LogP contribution < -0.4 is 10.6 Å². The van der Waals surface area contributed by atoms with Crippen LogP contribution in [0.15, 0.2) is 24.3 Å². The first-order valence-electron chi connectivity index (χ1n) is 6.54. The topological polar surface area (TPSA) is 67.4 Å². The van der Waals surface area contributed by atoms with Gasteiger partial charge in [-0.15, -0.1) is 0 Å². The number of nitrogens with one attached hydrogen (secondary N) is 2. The van der Waals surface area contributed by atoms with Crippen molar-refractivity contribution < 1.29 is 18.7 Å². The maximum absolute atomic E-state index is 13.7. The molecular formula is C14H17FN2O3. The smallest absolute Gasteiger partial charge is 0.325 e. The molecule has 0 heterocycles. The summed E-state index contributed by atoms with van der Waals surface area (Å²) < 4.78 is 18.4. The molecule has 2 N–H and O–H groups in total. The van der Waals surface area contributed by atoms with Gasteiger partial charge in [-0.3, -0.25) is 4.79 Å². The fourth-order valence-corrected chi connectivity index (χ4v) is 2.06. The van der Waals surface area contributed by atoms with Gasteiger partial charge in [-0.2, -0.15) is 0 Å². The lowest BCUT2D eigenvalue weighted by Crippen LogP contribution is -2.44. The Kier molecular flexibility index (Phi) is 4.22. The van der Waals surface area contributed by atoms with Crippen LogP contribution in [0.5, 0.6) is 0 Å². The van der Waals surface area contributed by atoms with Crippen molar-refractivity contribution in [1.29, 1.82) is 0 Å². The van der Waals surface area contributed by atoms with Crippen molar-refractivity contribution in [3.63, 3.8) is 0 Å². The van der Waals surface area contributed by atoms with Crippen LogP contribution in [0, 0.1) is 5.82 Å². The van der Waals surface area contributed by atoms with E-state index in [1.165, 1.54) is 6.07 Å². The van der Waals surface area contributed by atoms with Crippen molar-refractivity contribution in [2.45, 2.75) is 25.3 Å². The number of rotatable bonds is 5. The summed E-state index contributed by atoms with van der Waals surface area (Å²) >= 11 is 0. The molecule has 0 radical (unpaired) electrons. The molecule has 0 bridgehead atoms. The number of hydrogen-bond donors (Lipinski definition) is 2. The Morgan fingerprint density at radius 2 is 2.05 bits per heavy atom. The molecule has 0 aromatic heterocycles. The molecule has 5 nitrogen and oxygen atoms in total. The minimum Gasteiger partial charge on any atom is -0.465 e. The number of benzene rings is 1. The first-order chi connectivity index (χ1) is 9.57. The minimum atomic E-state index is -0.649. The SMILES string of the molecule is CCOC(=O)CNC(=O)NC1(c2ccccc2F)CC1. The molecule has 1 aromatic carbocycles. The van der Waals surface area contributed by atoms with Crippen molar-refractivity contribution in [3.05, 3.63) is 35.6 Å². The average molecular weight is 280 g/mol. The second-order valence-electron chi connectivity index (χ2n) is 4.67. The molecule has 2 amide bonds. The van der Waals surface area contributed by atoms with Crippen LogP contribution in [0.4, 0.5) is 9.18 Å². The lowest BCUT2D eigenvalue weighted by Gasteiger charge is -2.18. The number of esters is 1. The zero-order chi connectivity index (χ0) is 14.6. The van der Waals surface area contributed by atoms with Crippen molar-refractivity contribution in [3.8, 4) is 0 Å². The molecule has 0 aliphatic heterocycles. The van der Waals surface area contributed by atoms with Crippen LogP contribution >= 0.6 is 0 Å². The monoisotopic (exact) mass is 280 g/mol. The molecule has 0 spiro atoms. The lowest BCUT2D eigenvalue weighted by atomic mass is 10.0.